The highest BCUT2D eigenvalue weighted by Crippen LogP contribution is 2.17. The highest BCUT2D eigenvalue weighted by molar-refractivity contribution is 7.99. The van der Waals surface area contributed by atoms with E-state index in [0.29, 0.717) is 90.4 Å². The zero-order valence-corrected chi connectivity index (χ0v) is 63.4. The van der Waals surface area contributed by atoms with Crippen molar-refractivity contribution in [2.75, 3.05) is 50.8 Å². The summed E-state index contributed by atoms with van der Waals surface area (Å²) in [6.45, 7) is 7.52. The highest BCUT2D eigenvalue weighted by Gasteiger charge is 2.34. The molecular weight excluding hydrogens is 1270 g/mol. The molecule has 0 bridgehead atoms. The lowest BCUT2D eigenvalue weighted by Crippen LogP contribution is -2.60. The monoisotopic (exact) mass is 1420 g/mol. The van der Waals surface area contributed by atoms with Crippen LogP contribution in [0.5, 0.6) is 0 Å². The molecule has 0 aliphatic carbocycles. The number of nitrogens with two attached hydrogens (primary N) is 5. The molecule has 0 saturated heterocycles. The second-order valence-electron chi connectivity index (χ2n) is 27.6. The SMILES string of the molecule is CCCCCCCCCCCCCCNC(=O)[C@H](CSC[C@H](NC(=O)CCCCCCCCCCCCC)C(=O)N[C@@H](CO)C(=O)N[C@@H](CCCCN)C(=O)N[C@@H](CCCCN)C(=O)N[C@@H](CCCCN)C(=O)N[C@@H](CCCCN)C(N)=O)NC(=O)CCCCCCCCCCCCC. The molecule has 0 rings (SSSR count). The normalized spacial score (nSPS) is 13.5. The van der Waals surface area contributed by atoms with Crippen LogP contribution in [0.4, 0.5) is 0 Å². The molecule has 578 valence electrons. The Morgan fingerprint density at radius 1 is 0.293 bits per heavy atom. The lowest BCUT2D eigenvalue weighted by atomic mass is 10.0. The summed E-state index contributed by atoms with van der Waals surface area (Å²) in [5.74, 6) is -5.47. The van der Waals surface area contributed by atoms with Gasteiger partial charge in [-0.15, -0.1) is 0 Å². The number of unbranched alkanes of at least 4 members (excludes halogenated alkanes) is 35. The van der Waals surface area contributed by atoms with E-state index in [9.17, 15) is 48.3 Å². The summed E-state index contributed by atoms with van der Waals surface area (Å²) in [4.78, 5) is 125. The Kier molecular flexibility index (Phi) is 64.7. The zero-order valence-electron chi connectivity index (χ0n) is 62.6. The van der Waals surface area contributed by atoms with Crippen LogP contribution in [-0.2, 0) is 43.2 Å². The molecule has 9 amide bonds. The van der Waals surface area contributed by atoms with Gasteiger partial charge < -0.3 is 76.3 Å². The number of primary amides is 1. The van der Waals surface area contributed by atoms with Gasteiger partial charge in [0.25, 0.3) is 0 Å². The highest BCUT2D eigenvalue weighted by atomic mass is 32.2. The molecule has 0 heterocycles. The maximum atomic E-state index is 14.5. The average Bonchev–Trinajstić information content (AvgIpc) is 0.900. The molecular formula is C75H147N13O10S. The van der Waals surface area contributed by atoms with E-state index in [-0.39, 0.29) is 74.3 Å². The van der Waals surface area contributed by atoms with Crippen LogP contribution in [0.1, 0.15) is 329 Å². The van der Waals surface area contributed by atoms with Crippen LogP contribution in [0, 0.1) is 0 Å². The van der Waals surface area contributed by atoms with Crippen molar-refractivity contribution >= 4 is 64.9 Å². The zero-order chi connectivity index (χ0) is 73.2. The van der Waals surface area contributed by atoms with Gasteiger partial charge in [-0.2, -0.15) is 11.8 Å². The van der Waals surface area contributed by atoms with Gasteiger partial charge in [-0.25, -0.2) is 0 Å². The van der Waals surface area contributed by atoms with E-state index in [0.717, 1.165) is 70.6 Å². The number of nitrogens with one attached hydrogen (secondary N) is 8. The van der Waals surface area contributed by atoms with Gasteiger partial charge in [0.1, 0.15) is 42.3 Å². The standard InChI is InChI=1S/C75H147N13O10S/c1-4-7-10-13-16-19-22-25-28-31-34-45-56-81-70(93)65(82-67(90)50-35-32-29-26-23-20-17-14-11-8-5-2)58-99-59-66(83-68(91)51-36-33-30-27-24-21-18-15-12-9-6-3)75(98)88-64(57-89)74(97)87-63(49-40-44-55-79)73(96)86-62(48-39-43-54-78)72(95)85-61(47-38-42-53-77)71(94)84-60(69(80)92)46-37-41-52-76/h60-66,89H,4-59,76-79H2,1-3H3,(H2,80,92)(H,81,93)(H,82,90)(H,83,91)(H,84,94)(H,85,95)(H,86,96)(H,87,97)(H,88,98)/t60-,61-,62-,63-,64-,65-,66-/m0/s1. The molecule has 0 aromatic heterocycles. The minimum atomic E-state index is -1.61. The van der Waals surface area contributed by atoms with E-state index < -0.39 is 84.3 Å². The Balaban J connectivity index is 6.66. The van der Waals surface area contributed by atoms with Crippen molar-refractivity contribution < 1.29 is 48.3 Å². The Bertz CT molecular complexity index is 2070. The van der Waals surface area contributed by atoms with Crippen LogP contribution in [0.15, 0.2) is 0 Å². The Morgan fingerprint density at radius 3 is 0.848 bits per heavy atom. The summed E-state index contributed by atoms with van der Waals surface area (Å²) in [6, 6.07) is -8.44. The fourth-order valence-corrected chi connectivity index (χ4v) is 13.1. The molecule has 0 radical (unpaired) electrons. The van der Waals surface area contributed by atoms with Gasteiger partial charge in [-0.05, 0) is 122 Å². The minimum Gasteiger partial charge on any atom is -0.394 e. The third kappa shape index (κ3) is 53.8. The summed E-state index contributed by atoms with van der Waals surface area (Å²) >= 11 is 1.20. The predicted octanol–water partition coefficient (Wildman–Crippen LogP) is 9.33. The first-order valence-corrected chi connectivity index (χ1v) is 40.9. The first-order valence-electron chi connectivity index (χ1n) is 39.7. The topological polar surface area (TPSA) is 400 Å². The smallest absolute Gasteiger partial charge is 0.245 e. The molecule has 19 N–H and O–H groups in total. The summed E-state index contributed by atoms with van der Waals surface area (Å²) in [5, 5.41) is 33.2. The van der Waals surface area contributed by atoms with E-state index in [1.54, 1.807) is 0 Å². The molecule has 0 aromatic rings. The Labute approximate surface area is 603 Å². The van der Waals surface area contributed by atoms with Crippen molar-refractivity contribution in [1.82, 2.24) is 42.5 Å². The molecule has 0 fully saturated rings. The number of carbonyl (C=O) groups excluding carboxylic acids is 9. The number of aliphatic hydroxyl groups excluding tert-OH is 1. The molecule has 0 saturated carbocycles. The Morgan fingerprint density at radius 2 is 0.545 bits per heavy atom. The molecule has 23 nitrogen and oxygen atoms in total. The molecule has 24 heteroatoms. The lowest BCUT2D eigenvalue weighted by molar-refractivity contribution is -0.136. The van der Waals surface area contributed by atoms with Crippen molar-refractivity contribution in [3.05, 3.63) is 0 Å². The maximum absolute atomic E-state index is 14.5. The van der Waals surface area contributed by atoms with Crippen molar-refractivity contribution in [2.45, 2.75) is 371 Å². The van der Waals surface area contributed by atoms with Gasteiger partial charge in [-0.3, -0.25) is 43.2 Å². The number of hydrogen-bond acceptors (Lipinski definition) is 15. The van der Waals surface area contributed by atoms with E-state index in [4.69, 9.17) is 28.7 Å². The van der Waals surface area contributed by atoms with Crippen LogP contribution >= 0.6 is 11.8 Å². The van der Waals surface area contributed by atoms with Crippen LogP contribution in [0.25, 0.3) is 0 Å². The molecule has 99 heavy (non-hydrogen) atoms. The minimum absolute atomic E-state index is 0.0547. The maximum Gasteiger partial charge on any atom is 0.245 e. The average molecular weight is 1420 g/mol. The first-order chi connectivity index (χ1) is 48.1. The van der Waals surface area contributed by atoms with Crippen molar-refractivity contribution in [2.24, 2.45) is 28.7 Å². The third-order valence-corrected chi connectivity index (χ3v) is 19.5. The molecule has 0 aliphatic heterocycles. The number of aliphatic hydroxyl groups is 1. The van der Waals surface area contributed by atoms with Gasteiger partial charge in [0.05, 0.1) is 6.61 Å². The lowest BCUT2D eigenvalue weighted by Gasteiger charge is -2.27. The first kappa shape index (κ1) is 94.4. The summed E-state index contributed by atoms with van der Waals surface area (Å²) in [7, 11) is 0. The number of carbonyl (C=O) groups is 9. The quantitative estimate of drug-likeness (QED) is 0.0252. The molecule has 7 atom stereocenters. The number of amides is 9. The summed E-state index contributed by atoms with van der Waals surface area (Å²) in [5.41, 5.74) is 28.8. The van der Waals surface area contributed by atoms with Crippen molar-refractivity contribution in [3.8, 4) is 0 Å². The molecule has 0 unspecified atom stereocenters. The number of rotatable bonds is 72. The second kappa shape index (κ2) is 67.8. The largest absolute Gasteiger partial charge is 0.394 e. The molecule has 0 aromatic carbocycles. The molecule has 0 spiro atoms. The molecule has 0 aliphatic rings. The fourth-order valence-electron chi connectivity index (χ4n) is 12.0. The van der Waals surface area contributed by atoms with Crippen LogP contribution in [-0.4, -0.2) is 151 Å². The summed E-state index contributed by atoms with van der Waals surface area (Å²) < 4.78 is 0. The van der Waals surface area contributed by atoms with Gasteiger partial charge in [-0.1, -0.05) is 220 Å². The Hall–Kier alpha value is -4.62. The van der Waals surface area contributed by atoms with Crippen LogP contribution in [0.3, 0.4) is 0 Å². The fraction of sp³-hybridized carbons (Fsp3) is 0.880. The van der Waals surface area contributed by atoms with E-state index in [1.807, 2.05) is 0 Å². The van der Waals surface area contributed by atoms with Gasteiger partial charge >= 0.3 is 0 Å². The van der Waals surface area contributed by atoms with E-state index >= 15 is 0 Å². The van der Waals surface area contributed by atoms with Gasteiger partial charge in [0.2, 0.25) is 53.2 Å². The van der Waals surface area contributed by atoms with E-state index in [2.05, 4.69) is 63.3 Å². The van der Waals surface area contributed by atoms with Crippen molar-refractivity contribution in [3.63, 3.8) is 0 Å². The van der Waals surface area contributed by atoms with Gasteiger partial charge in [0, 0.05) is 30.9 Å². The van der Waals surface area contributed by atoms with Crippen LogP contribution < -0.4 is 71.2 Å². The second-order valence-corrected chi connectivity index (χ2v) is 28.6. The number of hydrogen-bond donors (Lipinski definition) is 14. The third-order valence-electron chi connectivity index (χ3n) is 18.4. The summed E-state index contributed by atoms with van der Waals surface area (Å²) in [6.07, 6.45) is 43.6. The predicted molar refractivity (Wildman–Crippen MR) is 405 cm³/mol. The van der Waals surface area contributed by atoms with Gasteiger partial charge in [0.15, 0.2) is 0 Å². The van der Waals surface area contributed by atoms with Crippen LogP contribution in [0.2, 0.25) is 0 Å². The van der Waals surface area contributed by atoms with Crippen molar-refractivity contribution in [1.29, 1.82) is 0 Å². The van der Waals surface area contributed by atoms with E-state index in [1.165, 1.54) is 147 Å². The number of thioether (sulfide) groups is 1.